The van der Waals surface area contributed by atoms with Crippen molar-refractivity contribution in [3.05, 3.63) is 235 Å². The molecule has 1 heterocycles. The Balaban J connectivity index is 1.16. The van der Waals surface area contributed by atoms with E-state index in [1.165, 1.54) is 38.8 Å². The van der Waals surface area contributed by atoms with E-state index in [9.17, 15) is 0 Å². The monoisotopic (exact) mass is 701 g/mol. The molecule has 10 aromatic rings. The molecule has 0 saturated heterocycles. The lowest BCUT2D eigenvalue weighted by Crippen LogP contribution is -2.28. The van der Waals surface area contributed by atoms with Gasteiger partial charge in [-0.15, -0.1) is 0 Å². The van der Waals surface area contributed by atoms with Crippen LogP contribution in [0.25, 0.3) is 55.0 Å². The predicted octanol–water partition coefficient (Wildman–Crippen LogP) is 14.2. The number of furan rings is 1. The molecule has 2 nitrogen and oxygen atoms in total. The molecular weight excluding hydrogens is 667 g/mol. The standard InChI is InChI=1S/C53H35NO/c1-4-19-38(20-5-1)53(39-21-6-2-7-22-39)46-29-13-12-27-44(46)51-47(53)30-16-31-48(51)54(40-23-8-3-9-24-40)41-25-14-18-37(35-41)42-28-15-32-49-50(42)45-34-33-36-17-10-11-26-43(36)52(45)55-49/h1-35H. The largest absolute Gasteiger partial charge is 0.455 e. The van der Waals surface area contributed by atoms with Crippen LogP contribution in [0.2, 0.25) is 0 Å². The van der Waals surface area contributed by atoms with Crippen molar-refractivity contribution in [2.75, 3.05) is 4.90 Å². The van der Waals surface area contributed by atoms with Gasteiger partial charge in [0.1, 0.15) is 11.2 Å². The second-order valence-electron chi connectivity index (χ2n) is 14.4. The van der Waals surface area contributed by atoms with Crippen LogP contribution >= 0.6 is 0 Å². The molecule has 0 N–H and O–H groups in total. The maximum atomic E-state index is 6.61. The van der Waals surface area contributed by atoms with E-state index in [0.29, 0.717) is 0 Å². The first kappa shape index (κ1) is 31.4. The molecule has 0 spiro atoms. The molecular formula is C53H35NO. The molecule has 0 unspecified atom stereocenters. The Hall–Kier alpha value is -7.16. The highest BCUT2D eigenvalue weighted by atomic mass is 16.3. The van der Waals surface area contributed by atoms with Gasteiger partial charge >= 0.3 is 0 Å². The van der Waals surface area contributed by atoms with Crippen molar-refractivity contribution in [1.29, 1.82) is 0 Å². The second-order valence-corrected chi connectivity index (χ2v) is 14.4. The number of nitrogens with zero attached hydrogens (tertiary/aromatic N) is 1. The van der Waals surface area contributed by atoms with Gasteiger partial charge in [-0.2, -0.15) is 0 Å². The molecule has 0 saturated carbocycles. The first-order chi connectivity index (χ1) is 27.3. The van der Waals surface area contributed by atoms with Gasteiger partial charge in [0, 0.05) is 33.1 Å². The molecule has 0 radical (unpaired) electrons. The minimum Gasteiger partial charge on any atom is -0.455 e. The van der Waals surface area contributed by atoms with Crippen molar-refractivity contribution >= 4 is 49.8 Å². The van der Waals surface area contributed by atoms with Crippen molar-refractivity contribution in [3.8, 4) is 22.3 Å². The maximum absolute atomic E-state index is 6.61. The second kappa shape index (κ2) is 12.5. The van der Waals surface area contributed by atoms with Gasteiger partial charge in [-0.05, 0) is 86.8 Å². The number of rotatable bonds is 6. The van der Waals surface area contributed by atoms with Crippen molar-refractivity contribution in [1.82, 2.24) is 0 Å². The van der Waals surface area contributed by atoms with Crippen molar-refractivity contribution in [2.24, 2.45) is 0 Å². The minimum atomic E-state index is -0.489. The lowest BCUT2D eigenvalue weighted by molar-refractivity contribution is 0.673. The first-order valence-electron chi connectivity index (χ1n) is 18.9. The van der Waals surface area contributed by atoms with Gasteiger partial charge < -0.3 is 9.32 Å². The normalized spacial score (nSPS) is 12.9. The summed E-state index contributed by atoms with van der Waals surface area (Å²) < 4.78 is 6.61. The van der Waals surface area contributed by atoms with Gasteiger partial charge in [0.25, 0.3) is 0 Å². The number of para-hydroxylation sites is 1. The molecule has 1 aliphatic rings. The van der Waals surface area contributed by atoms with E-state index in [2.05, 4.69) is 217 Å². The molecule has 0 fully saturated rings. The van der Waals surface area contributed by atoms with E-state index in [1.807, 2.05) is 0 Å². The van der Waals surface area contributed by atoms with Crippen LogP contribution in [0.15, 0.2) is 217 Å². The Kier molecular flexibility index (Phi) is 7.11. The van der Waals surface area contributed by atoms with Gasteiger partial charge in [0.05, 0.1) is 11.1 Å². The van der Waals surface area contributed by atoms with Gasteiger partial charge in [0.2, 0.25) is 0 Å². The molecule has 2 heteroatoms. The van der Waals surface area contributed by atoms with E-state index in [1.54, 1.807) is 0 Å². The van der Waals surface area contributed by atoms with Crippen molar-refractivity contribution < 1.29 is 4.42 Å². The Morgan fingerprint density at radius 3 is 1.84 bits per heavy atom. The number of hydrogen-bond acceptors (Lipinski definition) is 2. The molecule has 0 bridgehead atoms. The highest BCUT2D eigenvalue weighted by molar-refractivity contribution is 6.19. The summed E-state index contributed by atoms with van der Waals surface area (Å²) in [5, 5.41) is 4.57. The van der Waals surface area contributed by atoms with Crippen LogP contribution in [0.3, 0.4) is 0 Å². The average molecular weight is 702 g/mol. The van der Waals surface area contributed by atoms with Gasteiger partial charge in [-0.1, -0.05) is 170 Å². The average Bonchev–Trinajstić information content (AvgIpc) is 3.80. The molecule has 258 valence electrons. The van der Waals surface area contributed by atoms with Crippen molar-refractivity contribution in [2.45, 2.75) is 5.41 Å². The summed E-state index contributed by atoms with van der Waals surface area (Å²) in [6.07, 6.45) is 0. The zero-order valence-electron chi connectivity index (χ0n) is 30.1. The predicted molar refractivity (Wildman–Crippen MR) is 229 cm³/mol. The molecule has 0 atom stereocenters. The van der Waals surface area contributed by atoms with E-state index in [-0.39, 0.29) is 0 Å². The van der Waals surface area contributed by atoms with Crippen LogP contribution in [0.1, 0.15) is 22.3 Å². The van der Waals surface area contributed by atoms with Crippen LogP contribution in [0, 0.1) is 0 Å². The van der Waals surface area contributed by atoms with Gasteiger partial charge in [-0.3, -0.25) is 0 Å². The molecule has 55 heavy (non-hydrogen) atoms. The zero-order valence-corrected chi connectivity index (χ0v) is 30.1. The fourth-order valence-corrected chi connectivity index (χ4v) is 9.27. The Labute approximate surface area is 320 Å². The first-order valence-corrected chi connectivity index (χ1v) is 18.9. The summed E-state index contributed by atoms with van der Waals surface area (Å²) in [4.78, 5) is 2.44. The summed E-state index contributed by atoms with van der Waals surface area (Å²) in [6.45, 7) is 0. The fraction of sp³-hybridized carbons (Fsp3) is 0.0189. The summed E-state index contributed by atoms with van der Waals surface area (Å²) in [5.41, 5.74) is 14.5. The Bertz CT molecular complexity index is 3000. The van der Waals surface area contributed by atoms with Gasteiger partial charge in [0.15, 0.2) is 0 Å². The van der Waals surface area contributed by atoms with Crippen LogP contribution in [0.5, 0.6) is 0 Å². The summed E-state index contributed by atoms with van der Waals surface area (Å²) in [7, 11) is 0. The zero-order chi connectivity index (χ0) is 36.3. The highest BCUT2D eigenvalue weighted by Gasteiger charge is 2.47. The topological polar surface area (TPSA) is 16.4 Å². The number of fused-ring (bicyclic) bond motifs is 8. The lowest BCUT2D eigenvalue weighted by atomic mass is 9.68. The Morgan fingerprint density at radius 2 is 1.04 bits per heavy atom. The third-order valence-electron chi connectivity index (χ3n) is 11.5. The molecule has 1 aliphatic carbocycles. The lowest BCUT2D eigenvalue weighted by Gasteiger charge is -2.34. The highest BCUT2D eigenvalue weighted by Crippen LogP contribution is 2.59. The van der Waals surface area contributed by atoms with Crippen LogP contribution in [-0.4, -0.2) is 0 Å². The molecule has 1 aromatic heterocycles. The summed E-state index contributed by atoms with van der Waals surface area (Å²) in [5.74, 6) is 0. The van der Waals surface area contributed by atoms with Crippen LogP contribution < -0.4 is 4.90 Å². The van der Waals surface area contributed by atoms with E-state index >= 15 is 0 Å². The number of anilines is 3. The number of hydrogen-bond donors (Lipinski definition) is 0. The SMILES string of the molecule is c1ccc(N(c2cccc(-c3cccc4oc5c6ccccc6ccc5c34)c2)c2cccc3c2-c2ccccc2C3(c2ccccc2)c2ccccc2)cc1. The van der Waals surface area contributed by atoms with Crippen molar-refractivity contribution in [3.63, 3.8) is 0 Å². The Morgan fingerprint density at radius 1 is 0.418 bits per heavy atom. The smallest absolute Gasteiger partial charge is 0.143 e. The molecule has 11 rings (SSSR count). The number of benzene rings is 9. The molecule has 9 aromatic carbocycles. The van der Waals surface area contributed by atoms with Gasteiger partial charge in [-0.25, -0.2) is 0 Å². The third-order valence-corrected chi connectivity index (χ3v) is 11.5. The fourth-order valence-electron chi connectivity index (χ4n) is 9.27. The summed E-state index contributed by atoms with van der Waals surface area (Å²) in [6, 6.07) is 76.9. The summed E-state index contributed by atoms with van der Waals surface area (Å²) >= 11 is 0. The molecule has 0 aliphatic heterocycles. The van der Waals surface area contributed by atoms with Crippen LogP contribution in [0.4, 0.5) is 17.1 Å². The maximum Gasteiger partial charge on any atom is 0.143 e. The third kappa shape index (κ3) is 4.68. The molecule has 0 amide bonds. The van der Waals surface area contributed by atoms with E-state index < -0.39 is 5.41 Å². The van der Waals surface area contributed by atoms with E-state index in [0.717, 1.165) is 55.5 Å². The minimum absolute atomic E-state index is 0.489. The quantitative estimate of drug-likeness (QED) is 0.172. The van der Waals surface area contributed by atoms with E-state index in [4.69, 9.17) is 4.42 Å². The van der Waals surface area contributed by atoms with Crippen LogP contribution in [-0.2, 0) is 5.41 Å².